The van der Waals surface area contributed by atoms with Crippen molar-refractivity contribution in [3.8, 4) is 5.75 Å². The minimum absolute atomic E-state index is 0.0693. The molecule has 1 fully saturated rings. The fraction of sp³-hybridized carbons (Fsp3) is 0.292. The van der Waals surface area contributed by atoms with Crippen molar-refractivity contribution < 1.29 is 14.3 Å². The third kappa shape index (κ3) is 5.00. The zero-order valence-corrected chi connectivity index (χ0v) is 17.4. The number of para-hydroxylation sites is 2. The first-order valence-corrected chi connectivity index (χ1v) is 10.4. The van der Waals surface area contributed by atoms with E-state index in [0.29, 0.717) is 30.2 Å². The van der Waals surface area contributed by atoms with E-state index in [2.05, 4.69) is 10.3 Å². The van der Waals surface area contributed by atoms with Crippen molar-refractivity contribution in [3.63, 3.8) is 0 Å². The number of aryl methyl sites for hydroxylation is 1. The molecule has 0 bridgehead atoms. The van der Waals surface area contributed by atoms with Crippen molar-refractivity contribution in [2.24, 2.45) is 0 Å². The van der Waals surface area contributed by atoms with Crippen LogP contribution in [0, 0.1) is 6.92 Å². The van der Waals surface area contributed by atoms with Crippen molar-refractivity contribution in [1.29, 1.82) is 0 Å². The molecule has 3 heterocycles. The van der Waals surface area contributed by atoms with Gasteiger partial charge < -0.3 is 19.4 Å². The maximum absolute atomic E-state index is 13.1. The Morgan fingerprint density at radius 1 is 1.26 bits per heavy atom. The molecular formula is C24H25N3O4. The van der Waals surface area contributed by atoms with Crippen molar-refractivity contribution in [1.82, 2.24) is 9.55 Å². The summed E-state index contributed by atoms with van der Waals surface area (Å²) < 4.78 is 13.0. The van der Waals surface area contributed by atoms with Crippen molar-refractivity contribution in [3.05, 3.63) is 88.1 Å². The molecule has 1 atom stereocenters. The monoisotopic (exact) mass is 419 g/mol. The number of aromatic nitrogens is 2. The van der Waals surface area contributed by atoms with Crippen molar-refractivity contribution in [2.45, 2.75) is 32.4 Å². The Bertz CT molecular complexity index is 1110. The maximum Gasteiger partial charge on any atom is 0.263 e. The molecule has 7 nitrogen and oxygen atoms in total. The molecule has 2 aromatic heterocycles. The molecule has 31 heavy (non-hydrogen) atoms. The van der Waals surface area contributed by atoms with E-state index < -0.39 is 5.91 Å². The van der Waals surface area contributed by atoms with E-state index >= 15 is 0 Å². The molecule has 4 rings (SSSR count). The predicted octanol–water partition coefficient (Wildman–Crippen LogP) is 3.41. The van der Waals surface area contributed by atoms with Gasteiger partial charge in [0.25, 0.3) is 11.5 Å². The molecule has 1 aliphatic rings. The van der Waals surface area contributed by atoms with Gasteiger partial charge in [-0.05, 0) is 55.2 Å². The second-order valence-corrected chi connectivity index (χ2v) is 7.56. The number of carbonyl (C=O) groups is 1. The number of hydrogen-bond donors (Lipinski definition) is 1. The Morgan fingerprint density at radius 2 is 2.13 bits per heavy atom. The van der Waals surface area contributed by atoms with Crippen LogP contribution in [0.25, 0.3) is 0 Å². The number of nitrogens with zero attached hydrogens (tertiary/aromatic N) is 2. The minimum Gasteiger partial charge on any atom is -0.489 e. The fourth-order valence-corrected chi connectivity index (χ4v) is 3.59. The number of nitrogens with one attached hydrogen (secondary N) is 1. The second-order valence-electron chi connectivity index (χ2n) is 7.56. The van der Waals surface area contributed by atoms with Gasteiger partial charge in [-0.1, -0.05) is 18.2 Å². The van der Waals surface area contributed by atoms with Gasteiger partial charge in [0.1, 0.15) is 17.9 Å². The first kappa shape index (κ1) is 20.8. The van der Waals surface area contributed by atoms with Gasteiger partial charge in [0.05, 0.1) is 18.3 Å². The van der Waals surface area contributed by atoms with E-state index in [9.17, 15) is 9.59 Å². The summed E-state index contributed by atoms with van der Waals surface area (Å²) in [5, 5.41) is 2.84. The van der Waals surface area contributed by atoms with Crippen LogP contribution in [0.5, 0.6) is 5.75 Å². The third-order valence-corrected chi connectivity index (χ3v) is 5.26. The normalized spacial score (nSPS) is 15.6. The minimum atomic E-state index is -0.462. The Balaban J connectivity index is 1.53. The third-order valence-electron chi connectivity index (χ3n) is 5.26. The Hall–Kier alpha value is -3.45. The molecule has 1 N–H and O–H groups in total. The summed E-state index contributed by atoms with van der Waals surface area (Å²) in [6.45, 7) is 3.28. The van der Waals surface area contributed by atoms with Gasteiger partial charge in [0.15, 0.2) is 0 Å². The van der Waals surface area contributed by atoms with Crippen LogP contribution in [-0.2, 0) is 11.3 Å². The fourth-order valence-electron chi connectivity index (χ4n) is 3.59. The molecule has 7 heteroatoms. The van der Waals surface area contributed by atoms with Crippen molar-refractivity contribution in [2.75, 3.05) is 18.5 Å². The van der Waals surface area contributed by atoms with E-state index in [1.54, 1.807) is 43.7 Å². The van der Waals surface area contributed by atoms with Gasteiger partial charge in [0, 0.05) is 25.2 Å². The molecule has 1 saturated heterocycles. The van der Waals surface area contributed by atoms with Crippen LogP contribution in [0.15, 0.2) is 65.8 Å². The lowest BCUT2D eigenvalue weighted by molar-refractivity contribution is 0.0682. The molecule has 1 amide bonds. The predicted molar refractivity (Wildman–Crippen MR) is 118 cm³/mol. The maximum atomic E-state index is 13.1. The summed E-state index contributed by atoms with van der Waals surface area (Å²) in [4.78, 5) is 30.2. The molecule has 3 aromatic rings. The molecular weight excluding hydrogens is 394 g/mol. The standard InChI is InChI=1S/C24H25N3O4/c1-17-10-12-27(15-18-6-4-11-25-14-18)24(29)22(17)23(28)26-20-8-2-3-9-21(20)31-16-19-7-5-13-30-19/h2-4,6,8-12,14,19H,5,7,13,15-16H2,1H3,(H,26,28). The number of pyridine rings is 2. The van der Waals surface area contributed by atoms with Gasteiger partial charge >= 0.3 is 0 Å². The zero-order chi connectivity index (χ0) is 21.6. The van der Waals surface area contributed by atoms with Gasteiger partial charge in [-0.2, -0.15) is 0 Å². The van der Waals surface area contributed by atoms with Crippen LogP contribution < -0.4 is 15.6 Å². The highest BCUT2D eigenvalue weighted by atomic mass is 16.5. The lowest BCUT2D eigenvalue weighted by atomic mass is 10.1. The molecule has 1 unspecified atom stereocenters. The SMILES string of the molecule is Cc1ccn(Cc2cccnc2)c(=O)c1C(=O)Nc1ccccc1OCC1CCCO1. The number of amides is 1. The quantitative estimate of drug-likeness (QED) is 0.635. The number of ether oxygens (including phenoxy) is 2. The van der Waals surface area contributed by atoms with E-state index in [-0.39, 0.29) is 17.2 Å². The van der Waals surface area contributed by atoms with Crippen LogP contribution in [0.1, 0.15) is 34.3 Å². The molecule has 1 aromatic carbocycles. The summed E-state index contributed by atoms with van der Waals surface area (Å²) in [5.41, 5.74) is 1.78. The first-order chi connectivity index (χ1) is 15.1. The average Bonchev–Trinajstić information content (AvgIpc) is 3.30. The van der Waals surface area contributed by atoms with Gasteiger partial charge in [0.2, 0.25) is 0 Å². The topological polar surface area (TPSA) is 82.5 Å². The van der Waals surface area contributed by atoms with E-state index in [0.717, 1.165) is 25.0 Å². The van der Waals surface area contributed by atoms with Crippen LogP contribution in [0.2, 0.25) is 0 Å². The summed E-state index contributed by atoms with van der Waals surface area (Å²) >= 11 is 0. The molecule has 1 aliphatic heterocycles. The zero-order valence-electron chi connectivity index (χ0n) is 17.4. The molecule has 0 radical (unpaired) electrons. The summed E-state index contributed by atoms with van der Waals surface area (Å²) in [7, 11) is 0. The van der Waals surface area contributed by atoms with Gasteiger partial charge in [-0.3, -0.25) is 14.6 Å². The highest BCUT2D eigenvalue weighted by Crippen LogP contribution is 2.25. The van der Waals surface area contributed by atoms with E-state index in [4.69, 9.17) is 9.47 Å². The average molecular weight is 419 g/mol. The number of anilines is 1. The van der Waals surface area contributed by atoms with Crippen molar-refractivity contribution >= 4 is 11.6 Å². The lowest BCUT2D eigenvalue weighted by Crippen LogP contribution is -2.30. The molecule has 0 aliphatic carbocycles. The highest BCUT2D eigenvalue weighted by molar-refractivity contribution is 6.05. The number of benzene rings is 1. The Labute approximate surface area is 180 Å². The van der Waals surface area contributed by atoms with Gasteiger partial charge in [-0.15, -0.1) is 0 Å². The Morgan fingerprint density at radius 3 is 2.90 bits per heavy atom. The molecule has 0 spiro atoms. The van der Waals surface area contributed by atoms with Gasteiger partial charge in [-0.25, -0.2) is 0 Å². The van der Waals surface area contributed by atoms with E-state index in [1.807, 2.05) is 24.3 Å². The van der Waals surface area contributed by atoms with Crippen LogP contribution >= 0.6 is 0 Å². The summed E-state index contributed by atoms with van der Waals surface area (Å²) in [6, 6.07) is 12.7. The first-order valence-electron chi connectivity index (χ1n) is 10.4. The van der Waals surface area contributed by atoms with Crippen LogP contribution in [0.3, 0.4) is 0 Å². The summed E-state index contributed by atoms with van der Waals surface area (Å²) in [6.07, 6.45) is 7.14. The van der Waals surface area contributed by atoms with E-state index in [1.165, 1.54) is 4.57 Å². The molecule has 160 valence electrons. The van der Waals surface area contributed by atoms with Crippen LogP contribution in [0.4, 0.5) is 5.69 Å². The molecule has 0 saturated carbocycles. The summed E-state index contributed by atoms with van der Waals surface area (Å²) in [5.74, 6) is 0.0897. The van der Waals surface area contributed by atoms with Crippen LogP contribution in [-0.4, -0.2) is 34.8 Å². The lowest BCUT2D eigenvalue weighted by Gasteiger charge is -2.16. The largest absolute Gasteiger partial charge is 0.489 e. The number of hydrogen-bond acceptors (Lipinski definition) is 5. The smallest absolute Gasteiger partial charge is 0.263 e. The highest BCUT2D eigenvalue weighted by Gasteiger charge is 2.19. The number of rotatable bonds is 7. The second kappa shape index (κ2) is 9.57. The Kier molecular flexibility index (Phi) is 6.43. The number of carbonyl (C=O) groups excluding carboxylic acids is 1.